The summed E-state index contributed by atoms with van der Waals surface area (Å²) in [5, 5.41) is 5.28. The number of carbonyl (C=O) groups excluding carboxylic acids is 4. The summed E-state index contributed by atoms with van der Waals surface area (Å²) in [6, 6.07) is -1.55. The first-order valence-corrected chi connectivity index (χ1v) is 9.41. The number of unbranched alkanes of at least 4 members (excludes halogenated alkanes) is 1. The zero-order chi connectivity index (χ0) is 21.0. The van der Waals surface area contributed by atoms with Gasteiger partial charge in [-0.15, -0.1) is 0 Å². The number of hydrogen-bond donors (Lipinski definition) is 2. The van der Waals surface area contributed by atoms with Crippen molar-refractivity contribution in [2.45, 2.75) is 72.4 Å². The van der Waals surface area contributed by atoms with Crippen LogP contribution in [0.2, 0.25) is 0 Å². The van der Waals surface area contributed by atoms with E-state index in [9.17, 15) is 19.2 Å². The van der Waals surface area contributed by atoms with E-state index >= 15 is 0 Å². The molecule has 0 aliphatic heterocycles. The Labute approximate surface area is 161 Å². The van der Waals surface area contributed by atoms with Crippen molar-refractivity contribution in [2.24, 2.45) is 11.8 Å². The SMILES string of the molecule is COC(=O)CCCCC(=O)N[C@H](C(=O)N[C@@H](C)C(=O)OCC(C)C)C(C)C. The minimum atomic E-state index is -0.797. The number of esters is 2. The maximum absolute atomic E-state index is 12.4. The number of nitrogens with one attached hydrogen (secondary N) is 2. The standard InChI is InChI=1S/C19H34N2O6/c1-12(2)11-27-19(25)14(5)20-18(24)17(13(3)4)21-15(22)9-7-8-10-16(23)26-6/h12-14,17H,7-11H2,1-6H3,(H,20,24)(H,21,22)/t14-,17-/m0/s1. The second-order valence-corrected chi connectivity index (χ2v) is 7.33. The number of methoxy groups -OCH3 is 1. The number of carbonyl (C=O) groups is 4. The predicted molar refractivity (Wildman–Crippen MR) is 101 cm³/mol. The zero-order valence-electron chi connectivity index (χ0n) is 17.3. The fourth-order valence-electron chi connectivity index (χ4n) is 2.17. The highest BCUT2D eigenvalue weighted by Crippen LogP contribution is 2.06. The van der Waals surface area contributed by atoms with Crippen molar-refractivity contribution in [3.05, 3.63) is 0 Å². The van der Waals surface area contributed by atoms with Crippen LogP contribution >= 0.6 is 0 Å². The van der Waals surface area contributed by atoms with Gasteiger partial charge in [0.1, 0.15) is 12.1 Å². The highest BCUT2D eigenvalue weighted by Gasteiger charge is 2.27. The number of ether oxygens (including phenoxy) is 2. The fraction of sp³-hybridized carbons (Fsp3) is 0.789. The van der Waals surface area contributed by atoms with E-state index in [-0.39, 0.29) is 43.2 Å². The molecule has 27 heavy (non-hydrogen) atoms. The Morgan fingerprint density at radius 1 is 0.889 bits per heavy atom. The predicted octanol–water partition coefficient (Wildman–Crippen LogP) is 1.56. The van der Waals surface area contributed by atoms with Gasteiger partial charge in [-0.1, -0.05) is 27.7 Å². The Kier molecular flexibility index (Phi) is 12.1. The molecule has 0 aromatic rings. The van der Waals surface area contributed by atoms with Crippen molar-refractivity contribution in [3.63, 3.8) is 0 Å². The van der Waals surface area contributed by atoms with Gasteiger partial charge in [-0.25, -0.2) is 4.79 Å². The molecule has 0 rings (SSSR count). The van der Waals surface area contributed by atoms with E-state index in [1.54, 1.807) is 6.92 Å². The highest BCUT2D eigenvalue weighted by molar-refractivity contribution is 5.90. The van der Waals surface area contributed by atoms with Crippen molar-refractivity contribution >= 4 is 23.8 Å². The zero-order valence-corrected chi connectivity index (χ0v) is 17.3. The summed E-state index contributed by atoms with van der Waals surface area (Å²) in [6.07, 6.45) is 1.52. The molecule has 0 heterocycles. The average molecular weight is 386 g/mol. The lowest BCUT2D eigenvalue weighted by Gasteiger charge is -2.23. The Balaban J connectivity index is 4.47. The molecule has 0 fully saturated rings. The summed E-state index contributed by atoms with van der Waals surface area (Å²) in [7, 11) is 1.32. The Morgan fingerprint density at radius 2 is 1.48 bits per heavy atom. The Hall–Kier alpha value is -2.12. The summed E-state index contributed by atoms with van der Waals surface area (Å²) in [4.78, 5) is 47.4. The van der Waals surface area contributed by atoms with Crippen molar-refractivity contribution < 1.29 is 28.7 Å². The molecule has 2 amide bonds. The van der Waals surface area contributed by atoms with E-state index in [0.717, 1.165) is 0 Å². The van der Waals surface area contributed by atoms with Gasteiger partial charge in [0.15, 0.2) is 0 Å². The van der Waals surface area contributed by atoms with Crippen LogP contribution in [0.3, 0.4) is 0 Å². The molecule has 8 nitrogen and oxygen atoms in total. The Morgan fingerprint density at radius 3 is 2.00 bits per heavy atom. The van der Waals surface area contributed by atoms with Gasteiger partial charge in [0.25, 0.3) is 0 Å². The van der Waals surface area contributed by atoms with Crippen molar-refractivity contribution in [1.29, 1.82) is 0 Å². The number of rotatable bonds is 12. The van der Waals surface area contributed by atoms with Crippen LogP contribution in [0, 0.1) is 11.8 Å². The highest BCUT2D eigenvalue weighted by atomic mass is 16.5. The van der Waals surface area contributed by atoms with E-state index in [0.29, 0.717) is 12.8 Å². The molecule has 2 atom stereocenters. The minimum Gasteiger partial charge on any atom is -0.469 e. The van der Waals surface area contributed by atoms with Crippen LogP contribution in [-0.2, 0) is 28.7 Å². The van der Waals surface area contributed by atoms with Gasteiger partial charge in [0, 0.05) is 12.8 Å². The molecule has 0 aromatic heterocycles. The van der Waals surface area contributed by atoms with Gasteiger partial charge >= 0.3 is 11.9 Å². The molecule has 0 radical (unpaired) electrons. The average Bonchev–Trinajstić information content (AvgIpc) is 2.60. The van der Waals surface area contributed by atoms with E-state index in [1.165, 1.54) is 7.11 Å². The van der Waals surface area contributed by atoms with E-state index in [1.807, 2.05) is 27.7 Å². The van der Waals surface area contributed by atoms with E-state index in [2.05, 4.69) is 15.4 Å². The van der Waals surface area contributed by atoms with Crippen LogP contribution in [-0.4, -0.2) is 49.6 Å². The second kappa shape index (κ2) is 13.1. The quantitative estimate of drug-likeness (QED) is 0.389. The van der Waals surface area contributed by atoms with Crippen LogP contribution in [0.25, 0.3) is 0 Å². The summed E-state index contributed by atoms with van der Waals surface area (Å²) in [6.45, 7) is 9.30. The third-order valence-corrected chi connectivity index (χ3v) is 3.80. The first-order valence-electron chi connectivity index (χ1n) is 9.41. The lowest BCUT2D eigenvalue weighted by Crippen LogP contribution is -2.53. The maximum Gasteiger partial charge on any atom is 0.328 e. The smallest absolute Gasteiger partial charge is 0.328 e. The fourth-order valence-corrected chi connectivity index (χ4v) is 2.17. The molecule has 0 aliphatic rings. The molecule has 156 valence electrons. The van der Waals surface area contributed by atoms with Gasteiger partial charge in [-0.05, 0) is 31.6 Å². The summed E-state index contributed by atoms with van der Waals surface area (Å²) in [5.41, 5.74) is 0. The summed E-state index contributed by atoms with van der Waals surface area (Å²) in [5.74, 6) is -1.46. The van der Waals surface area contributed by atoms with Gasteiger partial charge in [-0.2, -0.15) is 0 Å². The third kappa shape index (κ3) is 11.2. The lowest BCUT2D eigenvalue weighted by molar-refractivity contribution is -0.148. The molecule has 0 aliphatic carbocycles. The molecule has 0 saturated heterocycles. The van der Waals surface area contributed by atoms with Gasteiger partial charge in [0.05, 0.1) is 13.7 Å². The molecule has 2 N–H and O–H groups in total. The molecule has 0 spiro atoms. The third-order valence-electron chi connectivity index (χ3n) is 3.80. The molecule has 0 bridgehead atoms. The van der Waals surface area contributed by atoms with E-state index < -0.39 is 24.0 Å². The van der Waals surface area contributed by atoms with Crippen LogP contribution in [0.15, 0.2) is 0 Å². The van der Waals surface area contributed by atoms with Crippen LogP contribution in [0.5, 0.6) is 0 Å². The Bertz CT molecular complexity index is 504. The summed E-state index contributed by atoms with van der Waals surface area (Å²) >= 11 is 0. The second-order valence-electron chi connectivity index (χ2n) is 7.33. The molecule has 0 saturated carbocycles. The van der Waals surface area contributed by atoms with Gasteiger partial charge < -0.3 is 20.1 Å². The number of amides is 2. The van der Waals surface area contributed by atoms with Crippen molar-refractivity contribution in [3.8, 4) is 0 Å². The first-order chi connectivity index (χ1) is 12.6. The van der Waals surface area contributed by atoms with E-state index in [4.69, 9.17) is 4.74 Å². The molecular weight excluding hydrogens is 352 g/mol. The maximum atomic E-state index is 12.4. The minimum absolute atomic E-state index is 0.150. The van der Waals surface area contributed by atoms with Gasteiger partial charge in [-0.3, -0.25) is 14.4 Å². The summed E-state index contributed by atoms with van der Waals surface area (Å²) < 4.78 is 9.64. The van der Waals surface area contributed by atoms with Crippen molar-refractivity contribution in [2.75, 3.05) is 13.7 Å². The van der Waals surface area contributed by atoms with Crippen LogP contribution in [0.1, 0.15) is 60.3 Å². The monoisotopic (exact) mass is 386 g/mol. The largest absolute Gasteiger partial charge is 0.469 e. The van der Waals surface area contributed by atoms with Crippen LogP contribution < -0.4 is 10.6 Å². The van der Waals surface area contributed by atoms with Crippen molar-refractivity contribution in [1.82, 2.24) is 10.6 Å². The lowest BCUT2D eigenvalue weighted by atomic mass is 10.0. The molecule has 8 heteroatoms. The number of hydrogen-bond acceptors (Lipinski definition) is 6. The van der Waals surface area contributed by atoms with Crippen LogP contribution in [0.4, 0.5) is 0 Å². The topological polar surface area (TPSA) is 111 Å². The first kappa shape index (κ1) is 24.9. The normalized spacial score (nSPS) is 13.0. The molecular formula is C19H34N2O6. The molecule has 0 aromatic carbocycles. The van der Waals surface area contributed by atoms with Gasteiger partial charge in [0.2, 0.25) is 11.8 Å². The molecule has 0 unspecified atom stereocenters.